The number of rotatable bonds is 7. The van der Waals surface area contributed by atoms with Crippen molar-refractivity contribution in [2.45, 2.75) is 25.8 Å². The largest absolute Gasteiger partial charge is 0.344 e. The van der Waals surface area contributed by atoms with Gasteiger partial charge in [-0.05, 0) is 36.1 Å². The molecule has 0 aliphatic rings. The molecule has 1 heterocycles. The van der Waals surface area contributed by atoms with Crippen LogP contribution in [0.2, 0.25) is 5.02 Å². The van der Waals surface area contributed by atoms with E-state index < -0.39 is 0 Å². The predicted molar refractivity (Wildman–Crippen MR) is 111 cm³/mol. The van der Waals surface area contributed by atoms with E-state index in [1.807, 2.05) is 60.8 Å². The molecule has 1 amide bonds. The molecule has 1 N–H and O–H groups in total. The Bertz CT molecular complexity index is 903. The highest BCUT2D eigenvalue weighted by atomic mass is 35.5. The summed E-state index contributed by atoms with van der Waals surface area (Å²) in [5, 5.41) is 5.68. The van der Waals surface area contributed by atoms with Gasteiger partial charge in [0.2, 0.25) is 5.91 Å². The van der Waals surface area contributed by atoms with E-state index in [0.717, 1.165) is 16.0 Å². The number of hydrogen-bond donors (Lipinski definition) is 1. The number of Topliss-reactive ketones (excluding diaryl/α,β-unsaturated/α-hetero) is 1. The number of carbonyl (C=O) groups excluding carboxylic acids is 2. The van der Waals surface area contributed by atoms with Crippen LogP contribution >= 0.6 is 22.9 Å². The summed E-state index contributed by atoms with van der Waals surface area (Å²) in [6, 6.07) is 18.5. The van der Waals surface area contributed by atoms with Crippen molar-refractivity contribution in [3.8, 4) is 0 Å². The molecule has 0 radical (unpaired) electrons. The van der Waals surface area contributed by atoms with Gasteiger partial charge in [0.25, 0.3) is 0 Å². The van der Waals surface area contributed by atoms with Gasteiger partial charge in [-0.3, -0.25) is 9.59 Å². The molecule has 3 rings (SSSR count). The van der Waals surface area contributed by atoms with Crippen LogP contribution in [-0.4, -0.2) is 11.7 Å². The maximum absolute atomic E-state index is 12.5. The first-order chi connectivity index (χ1) is 13.0. The summed E-state index contributed by atoms with van der Waals surface area (Å²) >= 11 is 7.56. The van der Waals surface area contributed by atoms with Crippen LogP contribution in [0.25, 0.3) is 0 Å². The second kappa shape index (κ2) is 8.98. The zero-order valence-corrected chi connectivity index (χ0v) is 16.5. The SMILES string of the molecule is Cc1ccc(C(=O)CCC(=O)NC(c2ccc(Cl)cc2)c2cccs2)cc1. The van der Waals surface area contributed by atoms with Gasteiger partial charge in [0.05, 0.1) is 6.04 Å². The normalized spacial score (nSPS) is 11.8. The number of halogens is 1. The molecule has 2 aromatic carbocycles. The van der Waals surface area contributed by atoms with Gasteiger partial charge in [-0.25, -0.2) is 0 Å². The van der Waals surface area contributed by atoms with E-state index in [4.69, 9.17) is 11.6 Å². The van der Waals surface area contributed by atoms with Crippen LogP contribution in [0.5, 0.6) is 0 Å². The minimum Gasteiger partial charge on any atom is -0.344 e. The number of hydrogen-bond acceptors (Lipinski definition) is 3. The third-order valence-electron chi connectivity index (χ3n) is 4.29. The van der Waals surface area contributed by atoms with E-state index >= 15 is 0 Å². The van der Waals surface area contributed by atoms with Crippen molar-refractivity contribution in [3.63, 3.8) is 0 Å². The van der Waals surface area contributed by atoms with Crippen molar-refractivity contribution >= 4 is 34.6 Å². The smallest absolute Gasteiger partial charge is 0.221 e. The van der Waals surface area contributed by atoms with Gasteiger partial charge in [-0.2, -0.15) is 0 Å². The first kappa shape index (κ1) is 19.3. The van der Waals surface area contributed by atoms with Crippen LogP contribution in [0.1, 0.15) is 45.2 Å². The average Bonchev–Trinajstić information content (AvgIpc) is 3.20. The molecule has 27 heavy (non-hydrogen) atoms. The molecule has 3 nitrogen and oxygen atoms in total. The molecule has 0 saturated heterocycles. The topological polar surface area (TPSA) is 46.2 Å². The van der Waals surface area contributed by atoms with Crippen molar-refractivity contribution < 1.29 is 9.59 Å². The Balaban J connectivity index is 1.65. The highest BCUT2D eigenvalue weighted by Crippen LogP contribution is 2.27. The number of benzene rings is 2. The van der Waals surface area contributed by atoms with Crippen molar-refractivity contribution in [3.05, 3.63) is 92.6 Å². The average molecular weight is 398 g/mol. The first-order valence-electron chi connectivity index (χ1n) is 8.71. The van der Waals surface area contributed by atoms with E-state index in [0.29, 0.717) is 10.6 Å². The Labute approximate surface area is 168 Å². The van der Waals surface area contributed by atoms with Gasteiger partial charge in [0, 0.05) is 28.3 Å². The minimum atomic E-state index is -0.246. The molecule has 1 atom stereocenters. The molecule has 0 fully saturated rings. The van der Waals surface area contributed by atoms with Crippen molar-refractivity contribution in [1.82, 2.24) is 5.32 Å². The number of aryl methyl sites for hydroxylation is 1. The number of amides is 1. The summed E-state index contributed by atoms with van der Waals surface area (Å²) in [5.41, 5.74) is 2.70. The lowest BCUT2D eigenvalue weighted by Crippen LogP contribution is -2.29. The number of thiophene rings is 1. The Morgan fingerprint density at radius 3 is 2.33 bits per heavy atom. The molecule has 0 bridgehead atoms. The number of ketones is 1. The summed E-state index contributed by atoms with van der Waals surface area (Å²) in [5.74, 6) is -0.173. The van der Waals surface area contributed by atoms with Gasteiger partial charge in [0.15, 0.2) is 5.78 Å². The monoisotopic (exact) mass is 397 g/mol. The summed E-state index contributed by atoms with van der Waals surface area (Å²) in [4.78, 5) is 25.8. The third-order valence-corrected chi connectivity index (χ3v) is 5.48. The molecular weight excluding hydrogens is 378 g/mol. The Kier molecular flexibility index (Phi) is 6.43. The molecule has 0 spiro atoms. The van der Waals surface area contributed by atoms with E-state index in [9.17, 15) is 9.59 Å². The highest BCUT2D eigenvalue weighted by molar-refractivity contribution is 7.10. The molecule has 1 aromatic heterocycles. The minimum absolute atomic E-state index is 0.0238. The first-order valence-corrected chi connectivity index (χ1v) is 9.97. The Morgan fingerprint density at radius 2 is 1.70 bits per heavy atom. The second-order valence-corrected chi connectivity index (χ2v) is 7.77. The zero-order valence-electron chi connectivity index (χ0n) is 14.9. The van der Waals surface area contributed by atoms with Crippen LogP contribution in [0.15, 0.2) is 66.0 Å². The third kappa shape index (κ3) is 5.28. The quantitative estimate of drug-likeness (QED) is 0.529. The van der Waals surface area contributed by atoms with Gasteiger partial charge in [-0.1, -0.05) is 59.6 Å². The number of carbonyl (C=O) groups is 2. The molecule has 5 heteroatoms. The fourth-order valence-electron chi connectivity index (χ4n) is 2.77. The standard InChI is InChI=1S/C22H20ClNO2S/c1-15-4-6-16(7-5-15)19(25)12-13-21(26)24-22(20-3-2-14-27-20)17-8-10-18(23)11-9-17/h2-11,14,22H,12-13H2,1H3,(H,24,26). The van der Waals surface area contributed by atoms with Crippen LogP contribution in [-0.2, 0) is 4.79 Å². The Hall–Kier alpha value is -2.43. The fourth-order valence-corrected chi connectivity index (χ4v) is 3.70. The van der Waals surface area contributed by atoms with Gasteiger partial charge < -0.3 is 5.32 Å². The van der Waals surface area contributed by atoms with Crippen molar-refractivity contribution in [1.29, 1.82) is 0 Å². The molecule has 0 saturated carbocycles. The second-order valence-electron chi connectivity index (χ2n) is 6.36. The molecular formula is C22H20ClNO2S. The van der Waals surface area contributed by atoms with E-state index in [1.54, 1.807) is 23.5 Å². The summed E-state index contributed by atoms with van der Waals surface area (Å²) < 4.78 is 0. The summed E-state index contributed by atoms with van der Waals surface area (Å²) in [6.45, 7) is 1.98. The molecule has 3 aromatic rings. The van der Waals surface area contributed by atoms with E-state index in [1.165, 1.54) is 0 Å². The van der Waals surface area contributed by atoms with Gasteiger partial charge >= 0.3 is 0 Å². The van der Waals surface area contributed by atoms with Crippen LogP contribution in [0.4, 0.5) is 0 Å². The molecule has 0 aliphatic heterocycles. The molecule has 1 unspecified atom stereocenters. The van der Waals surface area contributed by atoms with Crippen LogP contribution in [0.3, 0.4) is 0 Å². The number of nitrogens with one attached hydrogen (secondary N) is 1. The van der Waals surface area contributed by atoms with Crippen molar-refractivity contribution in [2.75, 3.05) is 0 Å². The van der Waals surface area contributed by atoms with E-state index in [-0.39, 0.29) is 30.6 Å². The predicted octanol–water partition coefficient (Wildman–Crippen LogP) is 5.58. The lowest BCUT2D eigenvalue weighted by atomic mass is 10.0. The van der Waals surface area contributed by atoms with Crippen LogP contribution < -0.4 is 5.32 Å². The van der Waals surface area contributed by atoms with Gasteiger partial charge in [-0.15, -0.1) is 11.3 Å². The lowest BCUT2D eigenvalue weighted by molar-refractivity contribution is -0.121. The maximum Gasteiger partial charge on any atom is 0.221 e. The summed E-state index contributed by atoms with van der Waals surface area (Å²) in [7, 11) is 0. The lowest BCUT2D eigenvalue weighted by Gasteiger charge is -2.18. The van der Waals surface area contributed by atoms with E-state index in [2.05, 4.69) is 5.32 Å². The van der Waals surface area contributed by atoms with Gasteiger partial charge in [0.1, 0.15) is 0 Å². The molecule has 0 aliphatic carbocycles. The maximum atomic E-state index is 12.5. The highest BCUT2D eigenvalue weighted by Gasteiger charge is 2.18. The Morgan fingerprint density at radius 1 is 1.00 bits per heavy atom. The zero-order chi connectivity index (χ0) is 19.2. The summed E-state index contributed by atoms with van der Waals surface area (Å²) in [6.07, 6.45) is 0.342. The van der Waals surface area contributed by atoms with Crippen LogP contribution in [0, 0.1) is 6.92 Å². The molecule has 138 valence electrons. The van der Waals surface area contributed by atoms with Crippen molar-refractivity contribution in [2.24, 2.45) is 0 Å². The fraction of sp³-hybridized carbons (Fsp3) is 0.182.